The van der Waals surface area contributed by atoms with Crippen molar-refractivity contribution < 1.29 is 22.6 Å². The van der Waals surface area contributed by atoms with Crippen molar-refractivity contribution in [3.8, 4) is 17.1 Å². The van der Waals surface area contributed by atoms with Crippen LogP contribution in [0.15, 0.2) is 60.9 Å². The van der Waals surface area contributed by atoms with Crippen molar-refractivity contribution in [2.45, 2.75) is 19.4 Å². The molecule has 0 aliphatic rings. The molecular formula is C20H17F3N2O2. The summed E-state index contributed by atoms with van der Waals surface area (Å²) in [5, 5.41) is 0. The summed E-state index contributed by atoms with van der Waals surface area (Å²) in [6.07, 6.45) is -1.09. The van der Waals surface area contributed by atoms with Crippen molar-refractivity contribution in [3.05, 3.63) is 77.6 Å². The SMILES string of the molecule is COc1ccc(COCc2cccc(C(F)(F)F)c2)cc1-c1ncccn1. The highest BCUT2D eigenvalue weighted by atomic mass is 19.4. The maximum atomic E-state index is 12.8. The summed E-state index contributed by atoms with van der Waals surface area (Å²) in [6.45, 7) is 0.313. The molecule has 0 fully saturated rings. The molecule has 0 aliphatic heterocycles. The fourth-order valence-corrected chi connectivity index (χ4v) is 2.58. The van der Waals surface area contributed by atoms with E-state index in [1.54, 1.807) is 37.7 Å². The molecule has 0 spiro atoms. The highest BCUT2D eigenvalue weighted by molar-refractivity contribution is 5.64. The van der Waals surface area contributed by atoms with E-state index < -0.39 is 11.7 Å². The lowest BCUT2D eigenvalue weighted by Gasteiger charge is -2.11. The van der Waals surface area contributed by atoms with E-state index >= 15 is 0 Å². The summed E-state index contributed by atoms with van der Waals surface area (Å²) in [5.74, 6) is 1.15. The maximum Gasteiger partial charge on any atom is 0.416 e. The third-order valence-corrected chi connectivity index (χ3v) is 3.86. The van der Waals surface area contributed by atoms with Crippen molar-refractivity contribution in [1.82, 2.24) is 9.97 Å². The monoisotopic (exact) mass is 374 g/mol. The molecule has 0 amide bonds. The molecule has 1 heterocycles. The maximum absolute atomic E-state index is 12.8. The Hall–Kier alpha value is -2.93. The second-order valence-corrected chi connectivity index (χ2v) is 5.80. The van der Waals surface area contributed by atoms with Gasteiger partial charge >= 0.3 is 6.18 Å². The first-order valence-corrected chi connectivity index (χ1v) is 8.15. The van der Waals surface area contributed by atoms with Gasteiger partial charge in [0, 0.05) is 12.4 Å². The van der Waals surface area contributed by atoms with Gasteiger partial charge < -0.3 is 9.47 Å². The van der Waals surface area contributed by atoms with Crippen LogP contribution in [-0.4, -0.2) is 17.1 Å². The molecule has 0 saturated heterocycles. The number of rotatable bonds is 6. The quantitative estimate of drug-likeness (QED) is 0.616. The van der Waals surface area contributed by atoms with Crippen LogP contribution in [0.5, 0.6) is 5.75 Å². The molecule has 0 aliphatic carbocycles. The van der Waals surface area contributed by atoms with E-state index in [1.807, 2.05) is 12.1 Å². The zero-order valence-electron chi connectivity index (χ0n) is 14.5. The lowest BCUT2D eigenvalue weighted by molar-refractivity contribution is -0.137. The summed E-state index contributed by atoms with van der Waals surface area (Å²) in [6, 6.07) is 12.3. The number of nitrogens with zero attached hydrogens (tertiary/aromatic N) is 2. The molecule has 0 radical (unpaired) electrons. The Morgan fingerprint density at radius 2 is 1.59 bits per heavy atom. The van der Waals surface area contributed by atoms with E-state index in [9.17, 15) is 13.2 Å². The lowest BCUT2D eigenvalue weighted by atomic mass is 10.1. The molecule has 0 bridgehead atoms. The highest BCUT2D eigenvalue weighted by Crippen LogP contribution is 2.30. The smallest absolute Gasteiger partial charge is 0.416 e. The lowest BCUT2D eigenvalue weighted by Crippen LogP contribution is -2.05. The first-order valence-electron chi connectivity index (χ1n) is 8.15. The topological polar surface area (TPSA) is 44.2 Å². The Labute approximate surface area is 154 Å². The number of benzene rings is 2. The number of halogens is 3. The summed E-state index contributed by atoms with van der Waals surface area (Å²) in [7, 11) is 1.56. The van der Waals surface area contributed by atoms with Crippen molar-refractivity contribution in [2.75, 3.05) is 7.11 Å². The third-order valence-electron chi connectivity index (χ3n) is 3.86. The van der Waals surface area contributed by atoms with Crippen molar-refractivity contribution in [3.63, 3.8) is 0 Å². The van der Waals surface area contributed by atoms with Gasteiger partial charge in [0.05, 0.1) is 31.5 Å². The molecule has 0 atom stereocenters. The van der Waals surface area contributed by atoms with Gasteiger partial charge in [-0.2, -0.15) is 13.2 Å². The summed E-state index contributed by atoms with van der Waals surface area (Å²) >= 11 is 0. The molecule has 0 saturated carbocycles. The van der Waals surface area contributed by atoms with Crippen LogP contribution in [0.1, 0.15) is 16.7 Å². The fraction of sp³-hybridized carbons (Fsp3) is 0.200. The Morgan fingerprint density at radius 1 is 0.889 bits per heavy atom. The van der Waals surface area contributed by atoms with Gasteiger partial charge in [0.2, 0.25) is 0 Å². The van der Waals surface area contributed by atoms with E-state index in [4.69, 9.17) is 9.47 Å². The van der Waals surface area contributed by atoms with E-state index in [2.05, 4.69) is 9.97 Å². The first kappa shape index (κ1) is 18.8. The molecule has 2 aromatic carbocycles. The number of methoxy groups -OCH3 is 1. The number of aromatic nitrogens is 2. The van der Waals surface area contributed by atoms with Crippen LogP contribution in [0, 0.1) is 0 Å². The summed E-state index contributed by atoms with van der Waals surface area (Å²) in [5.41, 5.74) is 1.34. The van der Waals surface area contributed by atoms with Crippen molar-refractivity contribution in [2.24, 2.45) is 0 Å². The zero-order valence-corrected chi connectivity index (χ0v) is 14.5. The molecule has 27 heavy (non-hydrogen) atoms. The number of hydrogen-bond donors (Lipinski definition) is 0. The Kier molecular flexibility index (Phi) is 5.71. The van der Waals surface area contributed by atoms with Crippen LogP contribution in [0.2, 0.25) is 0 Å². The van der Waals surface area contributed by atoms with Crippen LogP contribution in [-0.2, 0) is 24.1 Å². The molecule has 7 heteroatoms. The third kappa shape index (κ3) is 4.83. The van der Waals surface area contributed by atoms with Gasteiger partial charge in [-0.1, -0.05) is 18.2 Å². The number of ether oxygens (including phenoxy) is 2. The number of alkyl halides is 3. The minimum atomic E-state index is -4.36. The molecule has 3 aromatic rings. The zero-order chi connectivity index (χ0) is 19.3. The first-order chi connectivity index (χ1) is 13.0. The largest absolute Gasteiger partial charge is 0.496 e. The van der Waals surface area contributed by atoms with E-state index in [-0.39, 0.29) is 13.2 Å². The van der Waals surface area contributed by atoms with Crippen LogP contribution in [0.4, 0.5) is 13.2 Å². The molecule has 3 rings (SSSR count). The van der Waals surface area contributed by atoms with Gasteiger partial charge in [-0.25, -0.2) is 9.97 Å². The predicted molar refractivity (Wildman–Crippen MR) is 94.0 cm³/mol. The second kappa shape index (κ2) is 8.18. The van der Waals surface area contributed by atoms with Crippen LogP contribution in [0.25, 0.3) is 11.4 Å². The predicted octanol–water partition coefficient (Wildman–Crippen LogP) is 4.89. The molecule has 1 aromatic heterocycles. The van der Waals surface area contributed by atoms with Gasteiger partial charge in [0.15, 0.2) is 5.82 Å². The van der Waals surface area contributed by atoms with Crippen LogP contribution < -0.4 is 4.74 Å². The summed E-state index contributed by atoms with van der Waals surface area (Å²) < 4.78 is 49.2. The van der Waals surface area contributed by atoms with E-state index in [0.717, 1.165) is 23.3 Å². The minimum absolute atomic E-state index is 0.0765. The van der Waals surface area contributed by atoms with Gasteiger partial charge in [-0.3, -0.25) is 0 Å². The molecule has 4 nitrogen and oxygen atoms in total. The molecule has 140 valence electrons. The van der Waals surface area contributed by atoms with Gasteiger partial charge in [-0.05, 0) is 41.5 Å². The molecule has 0 unspecified atom stereocenters. The van der Waals surface area contributed by atoms with Crippen molar-refractivity contribution >= 4 is 0 Å². The average molecular weight is 374 g/mol. The standard InChI is InChI=1S/C20H17F3N2O2/c1-26-18-7-6-15(11-17(18)19-24-8-3-9-25-19)13-27-12-14-4-2-5-16(10-14)20(21,22)23/h2-11H,12-13H2,1H3. The Morgan fingerprint density at radius 3 is 2.26 bits per heavy atom. The normalized spacial score (nSPS) is 11.4. The average Bonchev–Trinajstić information content (AvgIpc) is 2.68. The van der Waals surface area contributed by atoms with Crippen LogP contribution in [0.3, 0.4) is 0 Å². The Bertz CT molecular complexity index is 899. The highest BCUT2D eigenvalue weighted by Gasteiger charge is 2.30. The summed E-state index contributed by atoms with van der Waals surface area (Å²) in [4.78, 5) is 8.44. The van der Waals surface area contributed by atoms with Gasteiger partial charge in [0.25, 0.3) is 0 Å². The van der Waals surface area contributed by atoms with E-state index in [0.29, 0.717) is 17.1 Å². The van der Waals surface area contributed by atoms with Gasteiger partial charge in [0.1, 0.15) is 5.75 Å². The Balaban J connectivity index is 1.70. The fourth-order valence-electron chi connectivity index (χ4n) is 2.58. The van der Waals surface area contributed by atoms with E-state index in [1.165, 1.54) is 6.07 Å². The minimum Gasteiger partial charge on any atom is -0.496 e. The molecule has 0 N–H and O–H groups in total. The second-order valence-electron chi connectivity index (χ2n) is 5.80. The van der Waals surface area contributed by atoms with Crippen molar-refractivity contribution in [1.29, 1.82) is 0 Å². The van der Waals surface area contributed by atoms with Crippen LogP contribution >= 0.6 is 0 Å². The molecular weight excluding hydrogens is 357 g/mol. The number of hydrogen-bond acceptors (Lipinski definition) is 4. The van der Waals surface area contributed by atoms with Gasteiger partial charge in [-0.15, -0.1) is 0 Å².